The van der Waals surface area contributed by atoms with Gasteiger partial charge < -0.3 is 9.80 Å². The summed E-state index contributed by atoms with van der Waals surface area (Å²) in [6, 6.07) is 16.0. The average Bonchev–Trinajstić information content (AvgIpc) is 2.57. The smallest absolute Gasteiger partial charge is 0.227 e. The van der Waals surface area contributed by atoms with Gasteiger partial charge in [0.2, 0.25) is 5.91 Å². The molecule has 1 N–H and O–H groups in total. The summed E-state index contributed by atoms with van der Waals surface area (Å²) < 4.78 is 0. The van der Waals surface area contributed by atoms with Crippen molar-refractivity contribution in [3.05, 3.63) is 66.0 Å². The number of quaternary nitrogens is 1. The highest BCUT2D eigenvalue weighted by atomic mass is 16.2. The Morgan fingerprint density at radius 3 is 2.45 bits per heavy atom. The summed E-state index contributed by atoms with van der Waals surface area (Å²) in [6.07, 6.45) is 2.35. The number of nitrogens with one attached hydrogen (secondary N) is 1. The molecule has 1 aromatic heterocycles. The summed E-state index contributed by atoms with van der Waals surface area (Å²) in [4.78, 5) is 20.2. The maximum Gasteiger partial charge on any atom is 0.227 e. The van der Waals surface area contributed by atoms with Gasteiger partial charge in [-0.15, -0.1) is 0 Å². The highest BCUT2D eigenvalue weighted by Crippen LogP contribution is 2.03. The van der Waals surface area contributed by atoms with E-state index in [9.17, 15) is 4.79 Å². The molecule has 2 aromatic rings. The molecule has 1 aromatic carbocycles. The fourth-order valence-electron chi connectivity index (χ4n) is 2.89. The number of hydrogen-bond donors (Lipinski definition) is 1. The maximum atomic E-state index is 12.3. The molecule has 0 atom stereocenters. The van der Waals surface area contributed by atoms with Crippen LogP contribution >= 0.6 is 0 Å². The maximum absolute atomic E-state index is 12.3. The number of hydrogen-bond acceptors (Lipinski definition) is 2. The monoisotopic (exact) mass is 296 g/mol. The van der Waals surface area contributed by atoms with Gasteiger partial charge in [-0.2, -0.15) is 0 Å². The molecule has 0 spiro atoms. The molecule has 0 radical (unpaired) electrons. The fourth-order valence-corrected chi connectivity index (χ4v) is 2.89. The van der Waals surface area contributed by atoms with Crippen LogP contribution in [0.1, 0.15) is 11.3 Å². The Morgan fingerprint density at radius 2 is 1.77 bits per heavy atom. The summed E-state index contributed by atoms with van der Waals surface area (Å²) in [5.41, 5.74) is 2.22. The quantitative estimate of drug-likeness (QED) is 0.895. The molecule has 22 heavy (non-hydrogen) atoms. The van der Waals surface area contributed by atoms with E-state index in [-0.39, 0.29) is 5.91 Å². The number of carbonyl (C=O) groups is 1. The Bertz CT molecular complexity index is 592. The van der Waals surface area contributed by atoms with Crippen LogP contribution in [0, 0.1) is 0 Å². The van der Waals surface area contributed by atoms with Crippen molar-refractivity contribution >= 4 is 5.91 Å². The summed E-state index contributed by atoms with van der Waals surface area (Å²) in [5, 5.41) is 0. The van der Waals surface area contributed by atoms with E-state index in [1.54, 1.807) is 0 Å². The van der Waals surface area contributed by atoms with Crippen LogP contribution in [0.25, 0.3) is 0 Å². The van der Waals surface area contributed by atoms with Crippen molar-refractivity contribution in [2.45, 2.75) is 13.0 Å². The molecule has 0 bridgehead atoms. The molecular formula is C18H22N3O+. The first-order chi connectivity index (χ1) is 10.8. The molecule has 0 aliphatic carbocycles. The number of aromatic nitrogens is 1. The first-order valence-corrected chi connectivity index (χ1v) is 7.86. The minimum atomic E-state index is 0.239. The van der Waals surface area contributed by atoms with Gasteiger partial charge in [0, 0.05) is 6.20 Å². The number of nitrogens with zero attached hydrogens (tertiary/aromatic N) is 2. The van der Waals surface area contributed by atoms with E-state index in [0.717, 1.165) is 44.0 Å². The molecular weight excluding hydrogens is 274 g/mol. The van der Waals surface area contributed by atoms with Crippen LogP contribution in [-0.4, -0.2) is 42.0 Å². The van der Waals surface area contributed by atoms with Crippen molar-refractivity contribution in [1.29, 1.82) is 0 Å². The molecule has 0 unspecified atom stereocenters. The third-order valence-corrected chi connectivity index (χ3v) is 4.18. The second-order valence-electron chi connectivity index (χ2n) is 5.79. The van der Waals surface area contributed by atoms with Crippen molar-refractivity contribution in [3.63, 3.8) is 0 Å². The lowest BCUT2D eigenvalue weighted by Gasteiger charge is -2.32. The molecule has 1 amide bonds. The first-order valence-electron chi connectivity index (χ1n) is 7.86. The molecule has 1 fully saturated rings. The van der Waals surface area contributed by atoms with E-state index >= 15 is 0 Å². The zero-order valence-electron chi connectivity index (χ0n) is 12.7. The van der Waals surface area contributed by atoms with Crippen molar-refractivity contribution in [1.82, 2.24) is 9.88 Å². The van der Waals surface area contributed by atoms with Gasteiger partial charge in [-0.3, -0.25) is 9.78 Å². The molecule has 4 nitrogen and oxygen atoms in total. The van der Waals surface area contributed by atoms with E-state index in [1.165, 1.54) is 4.90 Å². The molecule has 4 heteroatoms. The van der Waals surface area contributed by atoms with Crippen LogP contribution in [0.2, 0.25) is 0 Å². The van der Waals surface area contributed by atoms with Crippen LogP contribution in [0.15, 0.2) is 54.7 Å². The number of benzene rings is 1. The van der Waals surface area contributed by atoms with E-state index in [2.05, 4.69) is 11.1 Å². The highest BCUT2D eigenvalue weighted by molar-refractivity contribution is 5.78. The number of amides is 1. The SMILES string of the molecule is O=C(Cc1ccccc1)N1CC[NH+](Cc2ccccn2)CC1. The minimum Gasteiger partial charge on any atom is -0.331 e. The average molecular weight is 296 g/mol. The van der Waals surface area contributed by atoms with Gasteiger partial charge in [0.1, 0.15) is 6.54 Å². The Hall–Kier alpha value is -2.20. The molecule has 2 heterocycles. The van der Waals surface area contributed by atoms with E-state index in [4.69, 9.17) is 0 Å². The van der Waals surface area contributed by atoms with Crippen molar-refractivity contribution in [3.8, 4) is 0 Å². The zero-order valence-corrected chi connectivity index (χ0v) is 12.7. The third kappa shape index (κ3) is 3.92. The largest absolute Gasteiger partial charge is 0.331 e. The van der Waals surface area contributed by atoms with Crippen LogP contribution < -0.4 is 4.90 Å². The van der Waals surface area contributed by atoms with Gasteiger partial charge in [-0.1, -0.05) is 36.4 Å². The zero-order chi connectivity index (χ0) is 15.2. The van der Waals surface area contributed by atoms with E-state index in [1.807, 2.05) is 53.6 Å². The predicted octanol–water partition coefficient (Wildman–Crippen LogP) is 0.551. The minimum absolute atomic E-state index is 0.239. The summed E-state index contributed by atoms with van der Waals surface area (Å²) in [5.74, 6) is 0.239. The van der Waals surface area contributed by atoms with Crippen LogP contribution in [0.4, 0.5) is 0 Å². The van der Waals surface area contributed by atoms with Gasteiger partial charge in [0.05, 0.1) is 38.3 Å². The Balaban J connectivity index is 1.48. The first kappa shape index (κ1) is 14.7. The van der Waals surface area contributed by atoms with Gasteiger partial charge >= 0.3 is 0 Å². The Kier molecular flexibility index (Phi) is 4.81. The second kappa shape index (κ2) is 7.18. The highest BCUT2D eigenvalue weighted by Gasteiger charge is 2.23. The van der Waals surface area contributed by atoms with Gasteiger partial charge in [0.25, 0.3) is 0 Å². The lowest BCUT2D eigenvalue weighted by molar-refractivity contribution is -0.917. The van der Waals surface area contributed by atoms with Crippen LogP contribution in [-0.2, 0) is 17.8 Å². The predicted molar refractivity (Wildman–Crippen MR) is 85.4 cm³/mol. The van der Waals surface area contributed by atoms with Crippen molar-refractivity contribution in [2.24, 2.45) is 0 Å². The van der Waals surface area contributed by atoms with E-state index < -0.39 is 0 Å². The number of piperazine rings is 1. The van der Waals surface area contributed by atoms with Gasteiger partial charge in [-0.25, -0.2) is 0 Å². The molecule has 1 aliphatic rings. The second-order valence-corrected chi connectivity index (χ2v) is 5.79. The summed E-state index contributed by atoms with van der Waals surface area (Å²) in [7, 11) is 0. The Labute approximate surface area is 131 Å². The van der Waals surface area contributed by atoms with Gasteiger partial charge in [0.15, 0.2) is 0 Å². The Morgan fingerprint density at radius 1 is 1.05 bits per heavy atom. The van der Waals surface area contributed by atoms with Gasteiger partial charge in [-0.05, 0) is 17.7 Å². The third-order valence-electron chi connectivity index (χ3n) is 4.18. The molecule has 3 rings (SSSR count). The topological polar surface area (TPSA) is 37.6 Å². The fraction of sp³-hybridized carbons (Fsp3) is 0.333. The van der Waals surface area contributed by atoms with Crippen molar-refractivity contribution in [2.75, 3.05) is 26.2 Å². The number of pyridine rings is 1. The molecule has 114 valence electrons. The summed E-state index contributed by atoms with van der Waals surface area (Å²) >= 11 is 0. The standard InChI is InChI=1S/C18H21N3O/c22-18(14-16-6-2-1-3-7-16)21-12-10-20(11-13-21)15-17-8-4-5-9-19-17/h1-9H,10-15H2/p+1. The summed E-state index contributed by atoms with van der Waals surface area (Å²) in [6.45, 7) is 4.62. The molecule has 1 saturated heterocycles. The lowest BCUT2D eigenvalue weighted by Crippen LogP contribution is -3.13. The van der Waals surface area contributed by atoms with Crippen LogP contribution in [0.3, 0.4) is 0 Å². The van der Waals surface area contributed by atoms with Crippen molar-refractivity contribution < 1.29 is 9.69 Å². The normalized spacial score (nSPS) is 15.7. The molecule has 1 aliphatic heterocycles. The lowest BCUT2D eigenvalue weighted by atomic mass is 10.1. The number of rotatable bonds is 4. The van der Waals surface area contributed by atoms with E-state index in [0.29, 0.717) is 6.42 Å². The van der Waals surface area contributed by atoms with Crippen LogP contribution in [0.5, 0.6) is 0 Å². The number of carbonyl (C=O) groups excluding carboxylic acids is 1. The molecule has 0 saturated carbocycles.